The van der Waals surface area contributed by atoms with E-state index in [0.717, 1.165) is 5.69 Å². The van der Waals surface area contributed by atoms with Gasteiger partial charge in [-0.05, 0) is 20.8 Å². The molecule has 1 amide bonds. The summed E-state index contributed by atoms with van der Waals surface area (Å²) in [4.78, 5) is 24.8. The van der Waals surface area contributed by atoms with E-state index in [1.165, 1.54) is 9.58 Å². The van der Waals surface area contributed by atoms with Crippen molar-refractivity contribution in [3.8, 4) is 0 Å². The number of carbonyl (C=O) groups excluding carboxylic acids is 1. The van der Waals surface area contributed by atoms with Crippen molar-refractivity contribution in [3.63, 3.8) is 0 Å². The first kappa shape index (κ1) is 14.4. The van der Waals surface area contributed by atoms with Gasteiger partial charge in [0.15, 0.2) is 5.69 Å². The van der Waals surface area contributed by atoms with E-state index in [-0.39, 0.29) is 12.2 Å². The van der Waals surface area contributed by atoms with Gasteiger partial charge < -0.3 is 14.7 Å². The van der Waals surface area contributed by atoms with Gasteiger partial charge in [0, 0.05) is 25.6 Å². The van der Waals surface area contributed by atoms with Crippen LogP contribution in [0.3, 0.4) is 0 Å². The lowest BCUT2D eigenvalue weighted by Gasteiger charge is -2.29. The molecule has 0 spiro atoms. The fourth-order valence-corrected chi connectivity index (χ4v) is 2.25. The van der Waals surface area contributed by atoms with Crippen molar-refractivity contribution in [2.24, 2.45) is 7.05 Å². The number of aromatic carboxylic acids is 1. The molecule has 0 atom stereocenters. The van der Waals surface area contributed by atoms with E-state index < -0.39 is 17.7 Å². The van der Waals surface area contributed by atoms with Crippen LogP contribution in [0.25, 0.3) is 0 Å². The summed E-state index contributed by atoms with van der Waals surface area (Å²) in [6.45, 7) is 6.10. The number of amides is 1. The summed E-state index contributed by atoms with van der Waals surface area (Å²) in [5, 5.41) is 13.4. The van der Waals surface area contributed by atoms with Crippen LogP contribution in [0.2, 0.25) is 0 Å². The second kappa shape index (κ2) is 4.81. The smallest absolute Gasteiger partial charge is 0.410 e. The molecule has 0 fully saturated rings. The van der Waals surface area contributed by atoms with Gasteiger partial charge in [0.1, 0.15) is 5.60 Å². The highest BCUT2D eigenvalue weighted by molar-refractivity contribution is 5.88. The number of rotatable bonds is 1. The van der Waals surface area contributed by atoms with Crippen LogP contribution in [0.15, 0.2) is 0 Å². The van der Waals surface area contributed by atoms with Crippen molar-refractivity contribution < 1.29 is 19.4 Å². The third-order valence-corrected chi connectivity index (χ3v) is 3.05. The predicted octanol–water partition coefficient (Wildman–Crippen LogP) is 1.41. The Morgan fingerprint density at radius 2 is 2.00 bits per heavy atom. The number of aryl methyl sites for hydroxylation is 1. The molecule has 0 saturated carbocycles. The quantitative estimate of drug-likeness (QED) is 0.841. The van der Waals surface area contributed by atoms with Gasteiger partial charge in [0.25, 0.3) is 0 Å². The fraction of sp³-hybridized carbons (Fsp3) is 0.615. The van der Waals surface area contributed by atoms with E-state index in [1.807, 2.05) is 0 Å². The zero-order chi connectivity index (χ0) is 15.1. The fourth-order valence-electron chi connectivity index (χ4n) is 2.25. The van der Waals surface area contributed by atoms with E-state index in [1.54, 1.807) is 27.8 Å². The van der Waals surface area contributed by atoms with Crippen LogP contribution < -0.4 is 0 Å². The van der Waals surface area contributed by atoms with E-state index in [9.17, 15) is 14.7 Å². The maximum Gasteiger partial charge on any atom is 0.410 e. The van der Waals surface area contributed by atoms with Crippen molar-refractivity contribution in [2.45, 2.75) is 39.3 Å². The minimum atomic E-state index is -1.03. The second-order valence-electron chi connectivity index (χ2n) is 5.85. The summed E-state index contributed by atoms with van der Waals surface area (Å²) in [6, 6.07) is 0. The molecule has 0 radical (unpaired) electrons. The molecule has 0 bridgehead atoms. The van der Waals surface area contributed by atoms with Crippen molar-refractivity contribution in [1.29, 1.82) is 0 Å². The monoisotopic (exact) mass is 281 g/mol. The SMILES string of the molecule is Cn1nc2c(c1C(=O)O)CN(C(=O)OC(C)(C)C)CC2. The number of carbonyl (C=O) groups is 2. The zero-order valence-corrected chi connectivity index (χ0v) is 12.1. The van der Waals surface area contributed by atoms with Gasteiger partial charge in [0.05, 0.1) is 12.2 Å². The van der Waals surface area contributed by atoms with E-state index in [4.69, 9.17) is 4.74 Å². The molecule has 2 heterocycles. The van der Waals surface area contributed by atoms with Crippen LogP contribution in [0.4, 0.5) is 4.79 Å². The summed E-state index contributed by atoms with van der Waals surface area (Å²) < 4.78 is 6.66. The summed E-state index contributed by atoms with van der Waals surface area (Å²) in [5.41, 5.74) is 0.900. The Morgan fingerprint density at radius 1 is 1.35 bits per heavy atom. The highest BCUT2D eigenvalue weighted by Gasteiger charge is 2.31. The van der Waals surface area contributed by atoms with Crippen LogP contribution in [-0.4, -0.2) is 44.0 Å². The summed E-state index contributed by atoms with van der Waals surface area (Å²) in [6.07, 6.45) is 0.110. The van der Waals surface area contributed by atoms with Crippen LogP contribution in [0, 0.1) is 0 Å². The Balaban J connectivity index is 2.22. The van der Waals surface area contributed by atoms with Crippen LogP contribution in [-0.2, 0) is 24.8 Å². The maximum atomic E-state index is 12.0. The van der Waals surface area contributed by atoms with Crippen molar-refractivity contribution in [1.82, 2.24) is 14.7 Å². The maximum absolute atomic E-state index is 12.0. The van der Waals surface area contributed by atoms with Gasteiger partial charge in [-0.15, -0.1) is 0 Å². The minimum Gasteiger partial charge on any atom is -0.477 e. The molecular weight excluding hydrogens is 262 g/mol. The molecule has 0 aromatic carbocycles. The Hall–Kier alpha value is -2.05. The first-order valence-electron chi connectivity index (χ1n) is 6.45. The first-order chi connectivity index (χ1) is 9.19. The van der Waals surface area contributed by atoms with E-state index in [0.29, 0.717) is 18.5 Å². The van der Waals surface area contributed by atoms with Gasteiger partial charge in [-0.3, -0.25) is 4.68 Å². The molecule has 1 aromatic heterocycles. The normalized spacial score (nSPS) is 14.9. The summed E-state index contributed by atoms with van der Waals surface area (Å²) in [5.74, 6) is -1.03. The van der Waals surface area contributed by atoms with Gasteiger partial charge in [-0.25, -0.2) is 9.59 Å². The highest BCUT2D eigenvalue weighted by atomic mass is 16.6. The van der Waals surface area contributed by atoms with Crippen LogP contribution in [0.5, 0.6) is 0 Å². The molecule has 7 nitrogen and oxygen atoms in total. The molecule has 110 valence electrons. The highest BCUT2D eigenvalue weighted by Crippen LogP contribution is 2.23. The first-order valence-corrected chi connectivity index (χ1v) is 6.45. The third kappa shape index (κ3) is 2.76. The number of ether oxygens (including phenoxy) is 1. The summed E-state index contributed by atoms with van der Waals surface area (Å²) in [7, 11) is 1.60. The van der Waals surface area contributed by atoms with Crippen molar-refractivity contribution >= 4 is 12.1 Å². The number of hydrogen-bond donors (Lipinski definition) is 1. The molecule has 1 aromatic rings. The summed E-state index contributed by atoms with van der Waals surface area (Å²) >= 11 is 0. The lowest BCUT2D eigenvalue weighted by molar-refractivity contribution is 0.0221. The van der Waals surface area contributed by atoms with E-state index >= 15 is 0 Å². The second-order valence-corrected chi connectivity index (χ2v) is 5.85. The topological polar surface area (TPSA) is 84.7 Å². The van der Waals surface area contributed by atoms with Crippen molar-refractivity contribution in [3.05, 3.63) is 17.0 Å². The molecule has 7 heteroatoms. The minimum absolute atomic E-state index is 0.133. The molecule has 0 saturated heterocycles. The third-order valence-electron chi connectivity index (χ3n) is 3.05. The number of carboxylic acid groups (broad SMARTS) is 1. The number of aromatic nitrogens is 2. The van der Waals surface area contributed by atoms with Crippen molar-refractivity contribution in [2.75, 3.05) is 6.54 Å². The number of fused-ring (bicyclic) bond motifs is 1. The average molecular weight is 281 g/mol. The number of nitrogens with zero attached hydrogens (tertiary/aromatic N) is 3. The lowest BCUT2D eigenvalue weighted by atomic mass is 10.1. The van der Waals surface area contributed by atoms with Gasteiger partial charge in [0.2, 0.25) is 0 Å². The largest absolute Gasteiger partial charge is 0.477 e. The van der Waals surface area contributed by atoms with E-state index in [2.05, 4.69) is 5.10 Å². The Morgan fingerprint density at radius 3 is 2.55 bits per heavy atom. The molecular formula is C13H19N3O4. The Kier molecular flexibility index (Phi) is 3.45. The number of carboxylic acids is 1. The molecule has 20 heavy (non-hydrogen) atoms. The Bertz CT molecular complexity index is 557. The van der Waals surface area contributed by atoms with Gasteiger partial charge in [-0.1, -0.05) is 0 Å². The molecule has 1 aliphatic heterocycles. The number of hydrogen-bond acceptors (Lipinski definition) is 4. The standard InChI is InChI=1S/C13H19N3O4/c1-13(2,3)20-12(19)16-6-5-9-8(7-16)10(11(17)18)15(4)14-9/h5-7H2,1-4H3,(H,17,18). The zero-order valence-electron chi connectivity index (χ0n) is 12.1. The molecule has 2 rings (SSSR count). The Labute approximate surface area is 117 Å². The molecule has 0 unspecified atom stereocenters. The molecule has 1 N–H and O–H groups in total. The molecule has 1 aliphatic rings. The van der Waals surface area contributed by atoms with Gasteiger partial charge >= 0.3 is 12.1 Å². The molecule has 0 aliphatic carbocycles. The van der Waals surface area contributed by atoms with Crippen LogP contribution in [0.1, 0.15) is 42.5 Å². The predicted molar refractivity (Wildman–Crippen MR) is 70.5 cm³/mol. The van der Waals surface area contributed by atoms with Crippen LogP contribution >= 0.6 is 0 Å². The average Bonchev–Trinajstić information content (AvgIpc) is 2.61. The lowest BCUT2D eigenvalue weighted by Crippen LogP contribution is -2.40. The van der Waals surface area contributed by atoms with Gasteiger partial charge in [-0.2, -0.15) is 5.10 Å².